The summed E-state index contributed by atoms with van der Waals surface area (Å²) in [4.78, 5) is 4.86. The molecule has 0 spiro atoms. The number of fused-ring (bicyclic) bond motifs is 1. The van der Waals surface area contributed by atoms with Gasteiger partial charge < -0.3 is 9.29 Å². The Balaban J connectivity index is 1.83. The van der Waals surface area contributed by atoms with Crippen molar-refractivity contribution in [3.05, 3.63) is 65.9 Å². The van der Waals surface area contributed by atoms with Gasteiger partial charge in [-0.05, 0) is 43.3 Å². The Hall–Kier alpha value is -2.24. The summed E-state index contributed by atoms with van der Waals surface area (Å²) in [6, 6.07) is 16.5. The molecular formula is C17H15NO3S. The van der Waals surface area contributed by atoms with Gasteiger partial charge in [-0.2, -0.15) is 0 Å². The van der Waals surface area contributed by atoms with Crippen LogP contribution < -0.4 is 4.74 Å². The molecule has 3 aromatic rings. The fourth-order valence-corrected chi connectivity index (χ4v) is 2.70. The largest absolute Gasteiger partial charge is 0.489 e. The number of hydrogen-bond acceptors (Lipinski definition) is 3. The summed E-state index contributed by atoms with van der Waals surface area (Å²) in [7, 11) is 0. The van der Waals surface area contributed by atoms with Crippen LogP contribution in [0.15, 0.2) is 59.5 Å². The number of nitrogens with zero attached hydrogens (tertiary/aromatic N) is 1. The number of rotatable bonds is 4. The Kier molecular flexibility index (Phi) is 4.18. The van der Waals surface area contributed by atoms with E-state index in [4.69, 9.17) is 9.29 Å². The molecular weight excluding hydrogens is 298 g/mol. The Labute approximate surface area is 131 Å². The van der Waals surface area contributed by atoms with Crippen molar-refractivity contribution in [3.63, 3.8) is 0 Å². The zero-order valence-corrected chi connectivity index (χ0v) is 12.8. The highest BCUT2D eigenvalue weighted by atomic mass is 32.2. The molecule has 0 aliphatic heterocycles. The van der Waals surface area contributed by atoms with E-state index >= 15 is 0 Å². The number of ether oxygens (including phenoxy) is 1. The molecule has 4 nitrogen and oxygen atoms in total. The van der Waals surface area contributed by atoms with E-state index in [0.29, 0.717) is 17.3 Å². The molecule has 2 aromatic carbocycles. The summed E-state index contributed by atoms with van der Waals surface area (Å²) in [6.45, 7) is 2.38. The molecule has 1 N–H and O–H groups in total. The number of aryl methyl sites for hydroxylation is 1. The first kappa shape index (κ1) is 14.7. The normalized spacial score (nSPS) is 12.3. The number of pyridine rings is 1. The predicted octanol–water partition coefficient (Wildman–Crippen LogP) is 3.70. The van der Waals surface area contributed by atoms with Crippen molar-refractivity contribution in [3.8, 4) is 5.75 Å². The van der Waals surface area contributed by atoms with Crippen molar-refractivity contribution in [1.82, 2.24) is 4.98 Å². The molecule has 0 aliphatic rings. The molecule has 0 saturated heterocycles. The SMILES string of the molecule is Cc1cc(COc2ccc(S(=O)O)cc2)c2ccccc2n1. The van der Waals surface area contributed by atoms with E-state index in [1.165, 1.54) is 0 Å². The van der Waals surface area contributed by atoms with Crippen LogP contribution in [0.5, 0.6) is 5.75 Å². The first-order chi connectivity index (χ1) is 10.6. The molecule has 1 atom stereocenters. The van der Waals surface area contributed by atoms with Crippen molar-refractivity contribution in [1.29, 1.82) is 0 Å². The van der Waals surface area contributed by atoms with E-state index in [-0.39, 0.29) is 0 Å². The molecule has 0 amide bonds. The van der Waals surface area contributed by atoms with E-state index in [0.717, 1.165) is 22.2 Å². The first-order valence-electron chi connectivity index (χ1n) is 6.82. The average molecular weight is 313 g/mol. The van der Waals surface area contributed by atoms with E-state index in [1.807, 2.05) is 37.3 Å². The molecule has 112 valence electrons. The summed E-state index contributed by atoms with van der Waals surface area (Å²) < 4.78 is 25.7. The fraction of sp³-hybridized carbons (Fsp3) is 0.118. The summed E-state index contributed by atoms with van der Waals surface area (Å²) in [5.74, 6) is 0.660. The second kappa shape index (κ2) is 6.25. The molecule has 5 heteroatoms. The maximum atomic E-state index is 10.9. The van der Waals surface area contributed by atoms with Crippen LogP contribution in [0.1, 0.15) is 11.3 Å². The molecule has 0 saturated carbocycles. The monoisotopic (exact) mass is 313 g/mol. The van der Waals surface area contributed by atoms with Crippen LogP contribution in [0.3, 0.4) is 0 Å². The van der Waals surface area contributed by atoms with E-state index in [9.17, 15) is 4.21 Å². The molecule has 22 heavy (non-hydrogen) atoms. The van der Waals surface area contributed by atoms with Crippen molar-refractivity contribution in [2.45, 2.75) is 18.4 Å². The number of para-hydroxylation sites is 1. The van der Waals surface area contributed by atoms with Crippen LogP contribution in [0, 0.1) is 6.92 Å². The topological polar surface area (TPSA) is 59.4 Å². The van der Waals surface area contributed by atoms with Gasteiger partial charge in [0.1, 0.15) is 12.4 Å². The summed E-state index contributed by atoms with van der Waals surface area (Å²) in [5, 5.41) is 1.07. The van der Waals surface area contributed by atoms with Gasteiger partial charge in [-0.1, -0.05) is 18.2 Å². The Morgan fingerprint density at radius 2 is 1.86 bits per heavy atom. The molecule has 0 aliphatic carbocycles. The van der Waals surface area contributed by atoms with Crippen molar-refractivity contribution < 1.29 is 13.5 Å². The van der Waals surface area contributed by atoms with Crippen LogP contribution in [0.25, 0.3) is 10.9 Å². The molecule has 0 radical (unpaired) electrons. The van der Waals surface area contributed by atoms with Gasteiger partial charge >= 0.3 is 0 Å². The smallest absolute Gasteiger partial charge is 0.186 e. The zero-order valence-electron chi connectivity index (χ0n) is 12.0. The third-order valence-corrected chi connectivity index (χ3v) is 4.03. The first-order valence-corrected chi connectivity index (χ1v) is 7.93. The summed E-state index contributed by atoms with van der Waals surface area (Å²) in [6.07, 6.45) is 0. The molecule has 1 aromatic heterocycles. The Morgan fingerprint density at radius 1 is 1.14 bits per heavy atom. The maximum absolute atomic E-state index is 10.9. The highest BCUT2D eigenvalue weighted by molar-refractivity contribution is 7.79. The average Bonchev–Trinajstić information content (AvgIpc) is 2.52. The van der Waals surface area contributed by atoms with Crippen molar-refractivity contribution in [2.24, 2.45) is 0 Å². The lowest BCUT2D eigenvalue weighted by Gasteiger charge is -2.10. The van der Waals surface area contributed by atoms with Gasteiger partial charge in [-0.25, -0.2) is 4.21 Å². The molecule has 1 unspecified atom stereocenters. The summed E-state index contributed by atoms with van der Waals surface area (Å²) in [5.41, 5.74) is 2.97. The maximum Gasteiger partial charge on any atom is 0.186 e. The highest BCUT2D eigenvalue weighted by Gasteiger charge is 2.05. The lowest BCUT2D eigenvalue weighted by molar-refractivity contribution is 0.307. The van der Waals surface area contributed by atoms with Crippen LogP contribution in [0.2, 0.25) is 0 Å². The zero-order chi connectivity index (χ0) is 15.5. The van der Waals surface area contributed by atoms with Gasteiger partial charge in [0.25, 0.3) is 0 Å². The number of benzene rings is 2. The van der Waals surface area contributed by atoms with Gasteiger partial charge in [0, 0.05) is 16.6 Å². The van der Waals surface area contributed by atoms with Gasteiger partial charge in [-0.3, -0.25) is 4.98 Å². The third kappa shape index (κ3) is 3.16. The van der Waals surface area contributed by atoms with Gasteiger partial charge in [0.2, 0.25) is 0 Å². The molecule has 3 rings (SSSR count). The highest BCUT2D eigenvalue weighted by Crippen LogP contribution is 2.21. The van der Waals surface area contributed by atoms with Gasteiger partial charge in [0.15, 0.2) is 11.1 Å². The standard InChI is InChI=1S/C17H15NO3S/c1-12-10-13(16-4-2-3-5-17(16)18-12)11-21-14-6-8-15(9-7-14)22(19)20/h2-10H,11H2,1H3,(H,19,20). The van der Waals surface area contributed by atoms with E-state index in [1.54, 1.807) is 24.3 Å². The lowest BCUT2D eigenvalue weighted by Crippen LogP contribution is -1.99. The Bertz CT molecular complexity index is 831. The van der Waals surface area contributed by atoms with Crippen LogP contribution in [0.4, 0.5) is 0 Å². The van der Waals surface area contributed by atoms with Crippen molar-refractivity contribution in [2.75, 3.05) is 0 Å². The Morgan fingerprint density at radius 3 is 2.59 bits per heavy atom. The number of aromatic nitrogens is 1. The van der Waals surface area contributed by atoms with Crippen LogP contribution in [-0.4, -0.2) is 13.7 Å². The second-order valence-electron chi connectivity index (χ2n) is 4.95. The van der Waals surface area contributed by atoms with E-state index in [2.05, 4.69) is 4.98 Å². The third-order valence-electron chi connectivity index (χ3n) is 3.35. The molecule has 0 bridgehead atoms. The van der Waals surface area contributed by atoms with Crippen LogP contribution in [-0.2, 0) is 17.7 Å². The van der Waals surface area contributed by atoms with Gasteiger partial charge in [-0.15, -0.1) is 0 Å². The fourth-order valence-electron chi connectivity index (χ4n) is 2.33. The van der Waals surface area contributed by atoms with Crippen molar-refractivity contribution >= 4 is 22.0 Å². The number of hydrogen-bond donors (Lipinski definition) is 1. The van der Waals surface area contributed by atoms with Crippen LogP contribution >= 0.6 is 0 Å². The minimum atomic E-state index is -1.96. The predicted molar refractivity (Wildman–Crippen MR) is 86.3 cm³/mol. The lowest BCUT2D eigenvalue weighted by atomic mass is 10.1. The quantitative estimate of drug-likeness (QED) is 0.746. The second-order valence-corrected chi connectivity index (χ2v) is 5.92. The minimum absolute atomic E-state index is 0.359. The van der Waals surface area contributed by atoms with E-state index < -0.39 is 11.1 Å². The molecule has 0 fully saturated rings. The van der Waals surface area contributed by atoms with Gasteiger partial charge in [0.05, 0.1) is 10.4 Å². The molecule has 1 heterocycles. The summed E-state index contributed by atoms with van der Waals surface area (Å²) >= 11 is -1.96. The minimum Gasteiger partial charge on any atom is -0.489 e.